The van der Waals surface area contributed by atoms with Crippen LogP contribution in [0.4, 0.5) is 0 Å². The average molecular weight is 219 g/mol. The lowest BCUT2D eigenvalue weighted by Crippen LogP contribution is -2.30. The van der Waals surface area contributed by atoms with Crippen molar-refractivity contribution in [3.63, 3.8) is 0 Å². The second-order valence-electron chi connectivity index (χ2n) is 4.51. The summed E-state index contributed by atoms with van der Waals surface area (Å²) < 4.78 is 0. The minimum absolute atomic E-state index is 0.0362. The molecule has 1 amide bonds. The standard InChI is InChI=1S/C13H17NO2/c1-9-3-4-12(10(2)7-9)13(16)14-6-5-11(15)8-14/h3-4,7,11,15H,5-6,8H2,1-2H3. The number of carbonyl (C=O) groups is 1. The number of rotatable bonds is 1. The number of aliphatic hydroxyl groups excluding tert-OH is 1. The highest BCUT2D eigenvalue weighted by atomic mass is 16.3. The molecule has 1 fully saturated rings. The molecule has 86 valence electrons. The van der Waals surface area contributed by atoms with Crippen LogP contribution in [0.3, 0.4) is 0 Å². The molecule has 1 saturated heterocycles. The molecule has 1 aliphatic heterocycles. The molecule has 1 aromatic carbocycles. The highest BCUT2D eigenvalue weighted by Crippen LogP contribution is 2.17. The summed E-state index contributed by atoms with van der Waals surface area (Å²) in [6.07, 6.45) is 0.339. The summed E-state index contributed by atoms with van der Waals surface area (Å²) in [6, 6.07) is 5.84. The molecule has 0 bridgehead atoms. The lowest BCUT2D eigenvalue weighted by molar-refractivity contribution is 0.0764. The van der Waals surface area contributed by atoms with Crippen LogP contribution in [0.2, 0.25) is 0 Å². The van der Waals surface area contributed by atoms with Gasteiger partial charge in [0.2, 0.25) is 0 Å². The lowest BCUT2D eigenvalue weighted by atomic mass is 10.0. The van der Waals surface area contributed by atoms with Gasteiger partial charge in [0, 0.05) is 18.7 Å². The molecule has 0 aromatic heterocycles. The largest absolute Gasteiger partial charge is 0.391 e. The number of aryl methyl sites for hydroxylation is 2. The molecule has 1 unspecified atom stereocenters. The van der Waals surface area contributed by atoms with E-state index in [9.17, 15) is 9.90 Å². The van der Waals surface area contributed by atoms with Gasteiger partial charge in [-0.3, -0.25) is 4.79 Å². The molecule has 0 aliphatic carbocycles. The molecule has 1 aliphatic rings. The minimum Gasteiger partial charge on any atom is -0.391 e. The zero-order valence-electron chi connectivity index (χ0n) is 9.73. The predicted molar refractivity (Wildman–Crippen MR) is 62.4 cm³/mol. The molecule has 1 heterocycles. The summed E-state index contributed by atoms with van der Waals surface area (Å²) in [7, 11) is 0. The van der Waals surface area contributed by atoms with E-state index in [2.05, 4.69) is 0 Å². The fourth-order valence-corrected chi connectivity index (χ4v) is 2.15. The molecule has 0 radical (unpaired) electrons. The van der Waals surface area contributed by atoms with Crippen molar-refractivity contribution in [3.05, 3.63) is 34.9 Å². The summed E-state index contributed by atoms with van der Waals surface area (Å²) in [4.78, 5) is 13.9. The Morgan fingerprint density at radius 2 is 2.19 bits per heavy atom. The fraction of sp³-hybridized carbons (Fsp3) is 0.462. The number of hydrogen-bond donors (Lipinski definition) is 1. The van der Waals surface area contributed by atoms with Crippen molar-refractivity contribution in [2.24, 2.45) is 0 Å². The third-order valence-corrected chi connectivity index (χ3v) is 3.06. The summed E-state index contributed by atoms with van der Waals surface area (Å²) in [5.74, 6) is 0.0362. The van der Waals surface area contributed by atoms with E-state index in [-0.39, 0.29) is 12.0 Å². The number of likely N-dealkylation sites (tertiary alicyclic amines) is 1. The minimum atomic E-state index is -0.352. The van der Waals surface area contributed by atoms with E-state index in [0.29, 0.717) is 19.5 Å². The maximum Gasteiger partial charge on any atom is 0.254 e. The first-order chi connectivity index (χ1) is 7.58. The van der Waals surface area contributed by atoms with Crippen molar-refractivity contribution in [3.8, 4) is 0 Å². The van der Waals surface area contributed by atoms with E-state index >= 15 is 0 Å². The Bertz CT molecular complexity index is 414. The molecule has 16 heavy (non-hydrogen) atoms. The quantitative estimate of drug-likeness (QED) is 0.777. The fourth-order valence-electron chi connectivity index (χ4n) is 2.15. The van der Waals surface area contributed by atoms with Gasteiger partial charge >= 0.3 is 0 Å². The first kappa shape index (κ1) is 11.1. The van der Waals surface area contributed by atoms with Crippen molar-refractivity contribution < 1.29 is 9.90 Å². The van der Waals surface area contributed by atoms with Gasteiger partial charge in [-0.2, -0.15) is 0 Å². The zero-order valence-corrected chi connectivity index (χ0v) is 9.73. The number of benzene rings is 1. The second kappa shape index (κ2) is 4.26. The van der Waals surface area contributed by atoms with Crippen molar-refractivity contribution >= 4 is 5.91 Å². The Labute approximate surface area is 95.7 Å². The van der Waals surface area contributed by atoms with Gasteiger partial charge in [-0.05, 0) is 31.9 Å². The summed E-state index contributed by atoms with van der Waals surface area (Å²) in [6.45, 7) is 5.09. The number of hydrogen-bond acceptors (Lipinski definition) is 2. The van der Waals surface area contributed by atoms with Crippen LogP contribution in [0.25, 0.3) is 0 Å². The first-order valence-corrected chi connectivity index (χ1v) is 5.62. The Kier molecular flexibility index (Phi) is 2.97. The smallest absolute Gasteiger partial charge is 0.254 e. The van der Waals surface area contributed by atoms with Gasteiger partial charge in [-0.25, -0.2) is 0 Å². The van der Waals surface area contributed by atoms with E-state index in [4.69, 9.17) is 0 Å². The van der Waals surface area contributed by atoms with Crippen molar-refractivity contribution in [1.29, 1.82) is 0 Å². The van der Waals surface area contributed by atoms with Crippen molar-refractivity contribution in [2.75, 3.05) is 13.1 Å². The van der Waals surface area contributed by atoms with Gasteiger partial charge in [0.05, 0.1) is 6.10 Å². The summed E-state index contributed by atoms with van der Waals surface area (Å²) >= 11 is 0. The van der Waals surface area contributed by atoms with Crippen LogP contribution in [0.1, 0.15) is 27.9 Å². The normalized spacial score (nSPS) is 20.2. The Morgan fingerprint density at radius 1 is 1.44 bits per heavy atom. The molecular formula is C13H17NO2. The Balaban J connectivity index is 2.21. The zero-order chi connectivity index (χ0) is 11.7. The van der Waals surface area contributed by atoms with Crippen LogP contribution in [0.15, 0.2) is 18.2 Å². The number of nitrogens with zero attached hydrogens (tertiary/aromatic N) is 1. The van der Waals surface area contributed by atoms with E-state index < -0.39 is 0 Å². The molecule has 0 saturated carbocycles. The first-order valence-electron chi connectivity index (χ1n) is 5.62. The molecule has 1 N–H and O–H groups in total. The molecule has 2 rings (SSSR count). The van der Waals surface area contributed by atoms with Gasteiger partial charge in [0.15, 0.2) is 0 Å². The van der Waals surface area contributed by atoms with Gasteiger partial charge in [0.1, 0.15) is 0 Å². The van der Waals surface area contributed by atoms with Crippen LogP contribution < -0.4 is 0 Å². The molecular weight excluding hydrogens is 202 g/mol. The second-order valence-corrected chi connectivity index (χ2v) is 4.51. The molecule has 3 nitrogen and oxygen atoms in total. The SMILES string of the molecule is Cc1ccc(C(=O)N2CCC(O)C2)c(C)c1. The maximum absolute atomic E-state index is 12.1. The van der Waals surface area contributed by atoms with Crippen molar-refractivity contribution in [2.45, 2.75) is 26.4 Å². The van der Waals surface area contributed by atoms with Crippen LogP contribution in [-0.4, -0.2) is 35.1 Å². The molecule has 3 heteroatoms. The number of amides is 1. The summed E-state index contributed by atoms with van der Waals surface area (Å²) in [5.41, 5.74) is 2.92. The van der Waals surface area contributed by atoms with Gasteiger partial charge in [-0.15, -0.1) is 0 Å². The Morgan fingerprint density at radius 3 is 2.75 bits per heavy atom. The topological polar surface area (TPSA) is 40.5 Å². The highest BCUT2D eigenvalue weighted by Gasteiger charge is 2.25. The van der Waals surface area contributed by atoms with Crippen LogP contribution in [-0.2, 0) is 0 Å². The van der Waals surface area contributed by atoms with Crippen LogP contribution in [0.5, 0.6) is 0 Å². The number of β-amino-alcohol motifs (C(OH)–C–C–N with tert-alkyl or cyclic N) is 1. The van der Waals surface area contributed by atoms with Gasteiger partial charge in [0.25, 0.3) is 5.91 Å². The summed E-state index contributed by atoms with van der Waals surface area (Å²) in [5, 5.41) is 9.41. The molecule has 0 spiro atoms. The van der Waals surface area contributed by atoms with Gasteiger partial charge in [-0.1, -0.05) is 17.7 Å². The maximum atomic E-state index is 12.1. The van der Waals surface area contributed by atoms with E-state index in [0.717, 1.165) is 16.7 Å². The van der Waals surface area contributed by atoms with E-state index in [1.54, 1.807) is 4.90 Å². The average Bonchev–Trinajstić information content (AvgIpc) is 2.64. The monoisotopic (exact) mass is 219 g/mol. The van der Waals surface area contributed by atoms with E-state index in [1.807, 2.05) is 32.0 Å². The lowest BCUT2D eigenvalue weighted by Gasteiger charge is -2.17. The highest BCUT2D eigenvalue weighted by molar-refractivity contribution is 5.95. The van der Waals surface area contributed by atoms with Crippen molar-refractivity contribution in [1.82, 2.24) is 4.90 Å². The number of aliphatic hydroxyl groups is 1. The van der Waals surface area contributed by atoms with E-state index in [1.165, 1.54) is 0 Å². The third-order valence-electron chi connectivity index (χ3n) is 3.06. The third kappa shape index (κ3) is 2.09. The molecule has 1 atom stereocenters. The van der Waals surface area contributed by atoms with Crippen LogP contribution in [0, 0.1) is 13.8 Å². The van der Waals surface area contributed by atoms with Gasteiger partial charge < -0.3 is 10.0 Å². The predicted octanol–water partition coefficient (Wildman–Crippen LogP) is 1.51. The number of carbonyl (C=O) groups excluding carboxylic acids is 1. The van der Waals surface area contributed by atoms with Crippen LogP contribution >= 0.6 is 0 Å². The Hall–Kier alpha value is -1.35. The molecule has 1 aromatic rings.